The number of benzene rings is 2. The Bertz CT molecular complexity index is 930. The third-order valence-corrected chi connectivity index (χ3v) is 4.96. The second kappa shape index (κ2) is 10.1. The molecule has 0 bridgehead atoms. The first-order valence-electron chi connectivity index (χ1n) is 9.23. The van der Waals surface area contributed by atoms with E-state index in [1.165, 1.54) is 6.21 Å². The number of hydrogen-bond acceptors (Lipinski definition) is 6. The summed E-state index contributed by atoms with van der Waals surface area (Å²) in [7, 11) is 1.54. The summed E-state index contributed by atoms with van der Waals surface area (Å²) < 4.78 is 22.0. The number of nitrogens with one attached hydrogen (secondary N) is 1. The molecular formula is C21H22Cl2N2O5. The van der Waals surface area contributed by atoms with E-state index in [9.17, 15) is 4.79 Å². The van der Waals surface area contributed by atoms with Crippen LogP contribution in [0, 0.1) is 0 Å². The van der Waals surface area contributed by atoms with Gasteiger partial charge >= 0.3 is 0 Å². The maximum Gasteiger partial charge on any atom is 0.245 e. The molecule has 0 saturated carbocycles. The van der Waals surface area contributed by atoms with Crippen molar-refractivity contribution in [1.82, 2.24) is 5.43 Å². The van der Waals surface area contributed by atoms with Crippen LogP contribution < -0.4 is 14.9 Å². The number of rotatable bonds is 8. The molecule has 30 heavy (non-hydrogen) atoms. The van der Waals surface area contributed by atoms with Gasteiger partial charge in [0.2, 0.25) is 5.91 Å². The molecule has 1 fully saturated rings. The predicted molar refractivity (Wildman–Crippen MR) is 114 cm³/mol. The zero-order valence-corrected chi connectivity index (χ0v) is 18.1. The molecule has 1 N–H and O–H groups in total. The summed E-state index contributed by atoms with van der Waals surface area (Å²) in [6.45, 7) is 2.94. The summed E-state index contributed by atoms with van der Waals surface area (Å²) in [6.07, 6.45) is 1.58. The van der Waals surface area contributed by atoms with Gasteiger partial charge in [-0.3, -0.25) is 4.79 Å². The zero-order chi connectivity index (χ0) is 21.6. The van der Waals surface area contributed by atoms with Gasteiger partial charge in [0.05, 0.1) is 33.0 Å². The average Bonchev–Trinajstić information content (AvgIpc) is 3.13. The first kappa shape index (κ1) is 22.4. The highest BCUT2D eigenvalue weighted by molar-refractivity contribution is 6.35. The van der Waals surface area contributed by atoms with Crippen LogP contribution in [0.1, 0.15) is 24.5 Å². The van der Waals surface area contributed by atoms with Crippen molar-refractivity contribution in [3.8, 4) is 11.5 Å². The fourth-order valence-electron chi connectivity index (χ4n) is 2.85. The number of carbonyl (C=O) groups is 1. The van der Waals surface area contributed by atoms with Gasteiger partial charge < -0.3 is 18.9 Å². The quantitative estimate of drug-likeness (QED) is 0.479. The molecule has 9 heteroatoms. The van der Waals surface area contributed by atoms with E-state index in [4.69, 9.17) is 42.1 Å². The minimum absolute atomic E-state index is 0.0632. The smallest absolute Gasteiger partial charge is 0.245 e. The summed E-state index contributed by atoms with van der Waals surface area (Å²) in [5.74, 6) is -0.124. The normalized spacial score (nSPS) is 15.3. The largest absolute Gasteiger partial charge is 0.493 e. The number of amides is 1. The number of carbonyl (C=O) groups excluding carboxylic acids is 1. The van der Waals surface area contributed by atoms with E-state index in [1.54, 1.807) is 44.4 Å². The van der Waals surface area contributed by atoms with Gasteiger partial charge in [-0.05, 0) is 42.8 Å². The molecule has 1 aliphatic rings. The van der Waals surface area contributed by atoms with Crippen LogP contribution in [0.5, 0.6) is 11.5 Å². The molecule has 2 aromatic rings. The lowest BCUT2D eigenvalue weighted by Crippen LogP contribution is -2.33. The van der Waals surface area contributed by atoms with Crippen LogP contribution in [0.25, 0.3) is 0 Å². The molecule has 7 nitrogen and oxygen atoms in total. The van der Waals surface area contributed by atoms with Crippen LogP contribution in [0.4, 0.5) is 0 Å². The van der Waals surface area contributed by atoms with Crippen LogP contribution in [0.15, 0.2) is 41.5 Å². The van der Waals surface area contributed by atoms with Gasteiger partial charge in [-0.15, -0.1) is 0 Å². The van der Waals surface area contributed by atoms with Crippen LogP contribution in [0.2, 0.25) is 10.0 Å². The molecule has 2 aromatic carbocycles. The van der Waals surface area contributed by atoms with Gasteiger partial charge in [0, 0.05) is 15.6 Å². The number of hydrogen-bond donors (Lipinski definition) is 1. The zero-order valence-electron chi connectivity index (χ0n) is 16.6. The molecule has 1 heterocycles. The maximum atomic E-state index is 12.0. The fraction of sp³-hybridized carbons (Fsp3) is 0.333. The van der Waals surface area contributed by atoms with Crippen molar-refractivity contribution < 1.29 is 23.7 Å². The Hall–Kier alpha value is -2.32. The number of hydrazone groups is 1. The van der Waals surface area contributed by atoms with Crippen LogP contribution >= 0.6 is 23.2 Å². The first-order valence-corrected chi connectivity index (χ1v) is 9.99. The molecule has 160 valence electrons. The van der Waals surface area contributed by atoms with Gasteiger partial charge in [0.25, 0.3) is 0 Å². The van der Waals surface area contributed by atoms with E-state index in [-0.39, 0.29) is 18.9 Å². The lowest BCUT2D eigenvalue weighted by molar-refractivity contribution is -0.159. The van der Waals surface area contributed by atoms with Crippen molar-refractivity contribution in [3.63, 3.8) is 0 Å². The average molecular weight is 453 g/mol. The van der Waals surface area contributed by atoms with Crippen molar-refractivity contribution in [3.05, 3.63) is 57.6 Å². The van der Waals surface area contributed by atoms with E-state index in [1.807, 2.05) is 6.07 Å². The van der Waals surface area contributed by atoms with Gasteiger partial charge in [-0.2, -0.15) is 5.10 Å². The highest BCUT2D eigenvalue weighted by Crippen LogP contribution is 2.30. The Labute approximate surface area is 184 Å². The van der Waals surface area contributed by atoms with E-state index in [0.29, 0.717) is 34.8 Å². The summed E-state index contributed by atoms with van der Waals surface area (Å²) in [6, 6.07) is 10.5. The predicted octanol–water partition coefficient (Wildman–Crippen LogP) is 4.18. The van der Waals surface area contributed by atoms with Crippen molar-refractivity contribution in [2.24, 2.45) is 5.10 Å². The van der Waals surface area contributed by atoms with E-state index in [0.717, 1.165) is 11.1 Å². The number of nitrogens with zero attached hydrogens (tertiary/aromatic N) is 1. The molecule has 0 radical (unpaired) electrons. The monoisotopic (exact) mass is 452 g/mol. The fourth-order valence-corrected chi connectivity index (χ4v) is 3.31. The Morgan fingerprint density at radius 2 is 1.97 bits per heavy atom. The number of halogens is 2. The highest BCUT2D eigenvalue weighted by atomic mass is 35.5. The number of methoxy groups -OCH3 is 1. The molecule has 0 unspecified atom stereocenters. The van der Waals surface area contributed by atoms with Gasteiger partial charge in [0.15, 0.2) is 17.3 Å². The Kier molecular flexibility index (Phi) is 7.55. The molecule has 0 spiro atoms. The lowest BCUT2D eigenvalue weighted by Gasteiger charge is -2.20. The molecule has 3 rings (SSSR count). The minimum Gasteiger partial charge on any atom is -0.493 e. The SMILES string of the molecule is COc1cc(/C=N\NC(=O)CC2(C)OCCO2)ccc1OCc1ccc(Cl)cc1Cl. The molecule has 0 aromatic heterocycles. The van der Waals surface area contributed by atoms with Crippen LogP contribution in [-0.4, -0.2) is 38.2 Å². The van der Waals surface area contributed by atoms with Crippen LogP contribution in [0.3, 0.4) is 0 Å². The Morgan fingerprint density at radius 3 is 2.67 bits per heavy atom. The minimum atomic E-state index is -0.894. The highest BCUT2D eigenvalue weighted by Gasteiger charge is 2.33. The molecular weight excluding hydrogens is 431 g/mol. The standard InChI is InChI=1S/C21H22Cl2N2O5/c1-21(29-7-8-30-21)11-20(26)25-24-12-14-3-6-18(19(9-14)27-2)28-13-15-4-5-16(22)10-17(15)23/h3-6,9-10,12H,7-8,11,13H2,1-2H3,(H,25,26)/b24-12-. The Balaban J connectivity index is 1.58. The first-order chi connectivity index (χ1) is 14.4. The summed E-state index contributed by atoms with van der Waals surface area (Å²) in [5.41, 5.74) is 4.00. The van der Waals surface area contributed by atoms with Crippen molar-refractivity contribution in [2.45, 2.75) is 25.7 Å². The van der Waals surface area contributed by atoms with Crippen molar-refractivity contribution >= 4 is 35.3 Å². The third-order valence-electron chi connectivity index (χ3n) is 4.37. The number of ether oxygens (including phenoxy) is 4. The topological polar surface area (TPSA) is 78.4 Å². The second-order valence-electron chi connectivity index (χ2n) is 6.74. The molecule has 1 aliphatic heterocycles. The molecule has 0 aliphatic carbocycles. The molecule has 1 amide bonds. The summed E-state index contributed by atoms with van der Waals surface area (Å²) in [5, 5.41) is 5.07. The molecule has 0 atom stereocenters. The maximum absolute atomic E-state index is 12.0. The third kappa shape index (κ3) is 6.09. The lowest BCUT2D eigenvalue weighted by atomic mass is 10.2. The second-order valence-corrected chi connectivity index (χ2v) is 7.58. The van der Waals surface area contributed by atoms with E-state index in [2.05, 4.69) is 10.5 Å². The van der Waals surface area contributed by atoms with Crippen molar-refractivity contribution in [1.29, 1.82) is 0 Å². The van der Waals surface area contributed by atoms with Gasteiger partial charge in [-0.25, -0.2) is 5.43 Å². The summed E-state index contributed by atoms with van der Waals surface area (Å²) in [4.78, 5) is 12.0. The Morgan fingerprint density at radius 1 is 1.20 bits per heavy atom. The van der Waals surface area contributed by atoms with Crippen LogP contribution in [-0.2, 0) is 20.9 Å². The van der Waals surface area contributed by atoms with Crippen molar-refractivity contribution in [2.75, 3.05) is 20.3 Å². The molecule has 1 saturated heterocycles. The van der Waals surface area contributed by atoms with Gasteiger partial charge in [0.1, 0.15) is 6.61 Å². The van der Waals surface area contributed by atoms with E-state index >= 15 is 0 Å². The van der Waals surface area contributed by atoms with E-state index < -0.39 is 5.79 Å². The summed E-state index contributed by atoms with van der Waals surface area (Å²) >= 11 is 12.1. The van der Waals surface area contributed by atoms with Gasteiger partial charge in [-0.1, -0.05) is 29.3 Å².